The number of nitrogens with one attached hydrogen (secondary N) is 1. The van der Waals surface area contributed by atoms with E-state index < -0.39 is 0 Å². The third-order valence-electron chi connectivity index (χ3n) is 3.38. The summed E-state index contributed by atoms with van der Waals surface area (Å²) in [6, 6.07) is 5.61. The zero-order valence-electron chi connectivity index (χ0n) is 11.8. The van der Waals surface area contributed by atoms with E-state index in [2.05, 4.69) is 24.1 Å². The molecule has 0 bridgehead atoms. The van der Waals surface area contributed by atoms with Crippen molar-refractivity contribution in [1.82, 2.24) is 5.32 Å². The lowest BCUT2D eigenvalue weighted by molar-refractivity contribution is 0.0949. The summed E-state index contributed by atoms with van der Waals surface area (Å²) in [5.74, 6) is 0.420. The number of nitrogens with zero attached hydrogens (tertiary/aromatic N) is 1. The normalized spacial score (nSPS) is 15.0. The Morgan fingerprint density at radius 2 is 2.05 bits per heavy atom. The zero-order chi connectivity index (χ0) is 13.8. The Morgan fingerprint density at radius 3 is 2.68 bits per heavy atom. The predicted octanol–water partition coefficient (Wildman–Crippen LogP) is 2.25. The summed E-state index contributed by atoms with van der Waals surface area (Å²) in [7, 11) is 0. The average Bonchev–Trinajstić information content (AvgIpc) is 2.89. The maximum Gasteiger partial charge on any atom is 0.253 e. The van der Waals surface area contributed by atoms with Crippen LogP contribution in [-0.4, -0.2) is 25.5 Å². The second-order valence-electron chi connectivity index (χ2n) is 5.57. The smallest absolute Gasteiger partial charge is 0.253 e. The van der Waals surface area contributed by atoms with Crippen molar-refractivity contribution in [2.24, 2.45) is 5.92 Å². The fraction of sp³-hybridized carbons (Fsp3) is 0.533. The van der Waals surface area contributed by atoms with Gasteiger partial charge in [0, 0.05) is 31.0 Å². The molecule has 1 aromatic carbocycles. The lowest BCUT2D eigenvalue weighted by Gasteiger charge is -2.21. The maximum absolute atomic E-state index is 12.3. The van der Waals surface area contributed by atoms with Crippen LogP contribution in [0, 0.1) is 5.92 Å². The van der Waals surface area contributed by atoms with Crippen LogP contribution in [0.5, 0.6) is 0 Å². The van der Waals surface area contributed by atoms with Gasteiger partial charge in [0.1, 0.15) is 0 Å². The number of carbonyl (C=O) groups excluding carboxylic acids is 1. The molecule has 1 aliphatic heterocycles. The third kappa shape index (κ3) is 3.40. The summed E-state index contributed by atoms with van der Waals surface area (Å²) < 4.78 is 0. The first kappa shape index (κ1) is 13.7. The molecule has 1 heterocycles. The fourth-order valence-electron chi connectivity index (χ4n) is 2.36. The lowest BCUT2D eigenvalue weighted by Crippen LogP contribution is -2.30. The molecule has 1 fully saturated rings. The molecule has 1 aliphatic rings. The van der Waals surface area contributed by atoms with Crippen molar-refractivity contribution < 1.29 is 4.79 Å². The van der Waals surface area contributed by atoms with E-state index in [4.69, 9.17) is 5.73 Å². The van der Waals surface area contributed by atoms with Crippen LogP contribution >= 0.6 is 0 Å². The first-order valence-electron chi connectivity index (χ1n) is 7.00. The molecule has 0 aromatic heterocycles. The van der Waals surface area contributed by atoms with E-state index in [1.54, 1.807) is 6.07 Å². The molecule has 19 heavy (non-hydrogen) atoms. The fourth-order valence-corrected chi connectivity index (χ4v) is 2.36. The minimum absolute atomic E-state index is 0.0251. The van der Waals surface area contributed by atoms with E-state index in [0.29, 0.717) is 23.7 Å². The van der Waals surface area contributed by atoms with E-state index >= 15 is 0 Å². The molecule has 0 saturated carbocycles. The van der Waals surface area contributed by atoms with Gasteiger partial charge in [0.05, 0.1) is 5.56 Å². The molecular weight excluding hydrogens is 238 g/mol. The highest BCUT2D eigenvalue weighted by atomic mass is 16.1. The van der Waals surface area contributed by atoms with E-state index in [9.17, 15) is 4.79 Å². The van der Waals surface area contributed by atoms with Crippen molar-refractivity contribution in [2.45, 2.75) is 26.7 Å². The van der Waals surface area contributed by atoms with Crippen LogP contribution in [0.3, 0.4) is 0 Å². The first-order valence-corrected chi connectivity index (χ1v) is 7.00. The molecule has 0 unspecified atom stereocenters. The summed E-state index contributed by atoms with van der Waals surface area (Å²) >= 11 is 0. The number of carbonyl (C=O) groups is 1. The predicted molar refractivity (Wildman–Crippen MR) is 79.5 cm³/mol. The van der Waals surface area contributed by atoms with E-state index in [1.807, 2.05) is 12.1 Å². The third-order valence-corrected chi connectivity index (χ3v) is 3.38. The lowest BCUT2D eigenvalue weighted by atomic mass is 10.1. The van der Waals surface area contributed by atoms with Crippen molar-refractivity contribution in [3.8, 4) is 0 Å². The molecule has 104 valence electrons. The van der Waals surface area contributed by atoms with Crippen LogP contribution in [0.1, 0.15) is 37.0 Å². The molecule has 0 atom stereocenters. The zero-order valence-corrected chi connectivity index (χ0v) is 11.8. The summed E-state index contributed by atoms with van der Waals surface area (Å²) in [5.41, 5.74) is 8.16. The standard InChI is InChI=1S/C15H23N3O/c1-11(2)10-17-15(19)13-9-12(16)5-6-14(13)18-7-3-4-8-18/h5-6,9,11H,3-4,7-8,10,16H2,1-2H3,(H,17,19). The van der Waals surface area contributed by atoms with Gasteiger partial charge in [0.2, 0.25) is 0 Å². The van der Waals surface area contributed by atoms with E-state index in [-0.39, 0.29) is 5.91 Å². The number of nitrogens with two attached hydrogens (primary N) is 1. The minimum atomic E-state index is -0.0251. The average molecular weight is 261 g/mol. The number of hydrogen-bond donors (Lipinski definition) is 2. The van der Waals surface area contributed by atoms with E-state index in [0.717, 1.165) is 18.8 Å². The molecule has 1 saturated heterocycles. The van der Waals surface area contributed by atoms with Crippen molar-refractivity contribution in [1.29, 1.82) is 0 Å². The minimum Gasteiger partial charge on any atom is -0.399 e. The van der Waals surface area contributed by atoms with E-state index in [1.165, 1.54) is 12.8 Å². The van der Waals surface area contributed by atoms with Gasteiger partial charge in [-0.1, -0.05) is 13.8 Å². The van der Waals surface area contributed by atoms with Gasteiger partial charge in [-0.2, -0.15) is 0 Å². The van der Waals surface area contributed by atoms with Crippen molar-refractivity contribution in [2.75, 3.05) is 30.3 Å². The number of anilines is 2. The number of hydrogen-bond acceptors (Lipinski definition) is 3. The van der Waals surface area contributed by atoms with Crippen LogP contribution in [0.2, 0.25) is 0 Å². The van der Waals surface area contributed by atoms with Crippen LogP contribution in [0.4, 0.5) is 11.4 Å². The van der Waals surface area contributed by atoms with Crippen molar-refractivity contribution in [3.05, 3.63) is 23.8 Å². The maximum atomic E-state index is 12.3. The Balaban J connectivity index is 2.21. The molecule has 1 aromatic rings. The van der Waals surface area contributed by atoms with Gasteiger partial charge < -0.3 is 16.0 Å². The second kappa shape index (κ2) is 5.95. The van der Waals surface area contributed by atoms with Gasteiger partial charge in [0.25, 0.3) is 5.91 Å². The molecule has 0 aliphatic carbocycles. The van der Waals surface area contributed by atoms with Crippen LogP contribution in [0.15, 0.2) is 18.2 Å². The number of nitrogen functional groups attached to an aromatic ring is 1. The van der Waals surface area contributed by atoms with Gasteiger partial charge in [0.15, 0.2) is 0 Å². The summed E-state index contributed by atoms with van der Waals surface area (Å²) in [6.45, 7) is 6.90. The Morgan fingerprint density at radius 1 is 1.37 bits per heavy atom. The molecular formula is C15H23N3O. The highest BCUT2D eigenvalue weighted by Crippen LogP contribution is 2.26. The number of amides is 1. The first-order chi connectivity index (χ1) is 9.08. The van der Waals surface area contributed by atoms with Gasteiger partial charge >= 0.3 is 0 Å². The molecule has 4 heteroatoms. The van der Waals surface area contributed by atoms with Crippen molar-refractivity contribution in [3.63, 3.8) is 0 Å². The molecule has 2 rings (SSSR count). The van der Waals surface area contributed by atoms with Gasteiger partial charge in [-0.15, -0.1) is 0 Å². The largest absolute Gasteiger partial charge is 0.399 e. The van der Waals surface area contributed by atoms with Gasteiger partial charge in [-0.25, -0.2) is 0 Å². The highest BCUT2D eigenvalue weighted by molar-refractivity contribution is 6.00. The highest BCUT2D eigenvalue weighted by Gasteiger charge is 2.19. The summed E-state index contributed by atoms with van der Waals surface area (Å²) in [6.07, 6.45) is 2.38. The second-order valence-corrected chi connectivity index (χ2v) is 5.57. The molecule has 1 amide bonds. The number of rotatable bonds is 4. The van der Waals surface area contributed by atoms with Gasteiger partial charge in [-0.3, -0.25) is 4.79 Å². The van der Waals surface area contributed by atoms with Crippen LogP contribution in [0.25, 0.3) is 0 Å². The quantitative estimate of drug-likeness (QED) is 0.817. The molecule has 3 N–H and O–H groups in total. The SMILES string of the molecule is CC(C)CNC(=O)c1cc(N)ccc1N1CCCC1. The molecule has 0 spiro atoms. The Kier molecular flexibility index (Phi) is 4.30. The van der Waals surface area contributed by atoms with Gasteiger partial charge in [-0.05, 0) is 37.0 Å². The monoisotopic (exact) mass is 261 g/mol. The number of benzene rings is 1. The Bertz CT molecular complexity index is 451. The topological polar surface area (TPSA) is 58.4 Å². The Labute approximate surface area is 115 Å². The van der Waals surface area contributed by atoms with Crippen LogP contribution in [-0.2, 0) is 0 Å². The summed E-state index contributed by atoms with van der Waals surface area (Å²) in [4.78, 5) is 14.6. The Hall–Kier alpha value is -1.71. The van der Waals surface area contributed by atoms with Crippen LogP contribution < -0.4 is 16.0 Å². The molecule has 0 radical (unpaired) electrons. The summed E-state index contributed by atoms with van der Waals surface area (Å²) in [5, 5.41) is 2.97. The van der Waals surface area contributed by atoms with Crippen molar-refractivity contribution >= 4 is 17.3 Å². The molecule has 4 nitrogen and oxygen atoms in total.